The van der Waals surface area contributed by atoms with Crippen LogP contribution < -0.4 is 0 Å². The molecule has 0 aliphatic heterocycles. The minimum absolute atomic E-state index is 0.762. The molecule has 14 heavy (non-hydrogen) atoms. The average Bonchev–Trinajstić information content (AvgIpc) is 2.58. The van der Waals surface area contributed by atoms with E-state index in [-0.39, 0.29) is 0 Å². The van der Waals surface area contributed by atoms with E-state index in [0.29, 0.717) is 0 Å². The topological polar surface area (TPSA) is 17.8 Å². The first kappa shape index (κ1) is 9.67. The Kier molecular flexibility index (Phi) is 2.83. The Morgan fingerprint density at radius 3 is 2.93 bits per heavy atom. The fourth-order valence-corrected chi connectivity index (χ4v) is 2.31. The smallest absolute Gasteiger partial charge is 0.133 e. The molecule has 0 radical (unpaired) electrons. The molecule has 0 N–H and O–H groups in total. The van der Waals surface area contributed by atoms with E-state index >= 15 is 0 Å². The number of fused-ring (bicyclic) bond motifs is 1. The summed E-state index contributed by atoms with van der Waals surface area (Å²) >= 11 is 0. The lowest BCUT2D eigenvalue weighted by Crippen LogP contribution is -1.97. The highest BCUT2D eigenvalue weighted by molar-refractivity contribution is 7.21. The van der Waals surface area contributed by atoms with Gasteiger partial charge < -0.3 is 4.33 Å². The Hall–Kier alpha value is -0.880. The van der Waals surface area contributed by atoms with Gasteiger partial charge in [-0.1, -0.05) is 26.0 Å². The maximum absolute atomic E-state index is 4.46. The number of hydrogen-bond acceptors (Lipinski definition) is 1. The number of aryl methyl sites for hydroxylation is 1. The van der Waals surface area contributed by atoms with Crippen molar-refractivity contribution in [3.05, 3.63) is 24.3 Å². The zero-order valence-electron chi connectivity index (χ0n) is 8.64. The Balaban J connectivity index is 2.25. The predicted molar refractivity (Wildman–Crippen MR) is 61.7 cm³/mol. The Labute approximate surface area is 86.2 Å². The molecule has 0 atom stereocenters. The summed E-state index contributed by atoms with van der Waals surface area (Å²) in [7, 11) is 1.08. The first-order chi connectivity index (χ1) is 6.77. The standard InChI is InChI=1S/C11H15N2P/c1-9(2)7-8-13-11-6-4-3-5-10(11)12-14-13/h3-6,9H,7-8H2,1-2H3. The minimum atomic E-state index is 0.762. The van der Waals surface area contributed by atoms with E-state index < -0.39 is 0 Å². The second kappa shape index (κ2) is 4.10. The van der Waals surface area contributed by atoms with Crippen LogP contribution in [0.4, 0.5) is 0 Å². The SMILES string of the molecule is CC(C)CCn1pnc2ccccc21. The third kappa shape index (κ3) is 1.96. The molecule has 0 fully saturated rings. The number of para-hydroxylation sites is 1. The zero-order valence-corrected chi connectivity index (χ0v) is 9.54. The van der Waals surface area contributed by atoms with Gasteiger partial charge in [-0.05, 0) is 24.5 Å². The van der Waals surface area contributed by atoms with Gasteiger partial charge in [0, 0.05) is 6.54 Å². The van der Waals surface area contributed by atoms with E-state index in [4.69, 9.17) is 0 Å². The quantitative estimate of drug-likeness (QED) is 0.749. The Morgan fingerprint density at radius 1 is 1.36 bits per heavy atom. The lowest BCUT2D eigenvalue weighted by molar-refractivity contribution is 0.539. The van der Waals surface area contributed by atoms with Gasteiger partial charge >= 0.3 is 0 Å². The molecule has 74 valence electrons. The first-order valence-electron chi connectivity index (χ1n) is 5.05. The molecule has 0 bridgehead atoms. The molecule has 0 amide bonds. The molecule has 2 nitrogen and oxygen atoms in total. The van der Waals surface area contributed by atoms with Crippen LogP contribution in [0.25, 0.3) is 11.0 Å². The van der Waals surface area contributed by atoms with Crippen molar-refractivity contribution < 1.29 is 0 Å². The van der Waals surface area contributed by atoms with Crippen LogP contribution >= 0.6 is 8.51 Å². The van der Waals surface area contributed by atoms with Crippen molar-refractivity contribution in [2.75, 3.05) is 0 Å². The number of rotatable bonds is 3. The molecular weight excluding hydrogens is 191 g/mol. The van der Waals surface area contributed by atoms with Crippen LogP contribution in [0, 0.1) is 5.92 Å². The molecule has 2 rings (SSSR count). The minimum Gasteiger partial charge on any atom is -0.307 e. The normalized spacial score (nSPS) is 11.9. The molecule has 0 spiro atoms. The summed E-state index contributed by atoms with van der Waals surface area (Å²) in [5.41, 5.74) is 2.42. The van der Waals surface area contributed by atoms with Crippen molar-refractivity contribution in [1.29, 1.82) is 0 Å². The predicted octanol–water partition coefficient (Wildman–Crippen LogP) is 3.66. The monoisotopic (exact) mass is 206 g/mol. The van der Waals surface area contributed by atoms with Gasteiger partial charge in [0.1, 0.15) is 8.51 Å². The molecule has 0 saturated heterocycles. The van der Waals surface area contributed by atoms with Crippen LogP contribution in [0.5, 0.6) is 0 Å². The largest absolute Gasteiger partial charge is 0.307 e. The molecule has 0 unspecified atom stereocenters. The van der Waals surface area contributed by atoms with E-state index in [1.54, 1.807) is 0 Å². The zero-order chi connectivity index (χ0) is 9.97. The second-order valence-corrected chi connectivity index (χ2v) is 4.85. The summed E-state index contributed by atoms with van der Waals surface area (Å²) in [5, 5.41) is 0. The molecule has 1 aromatic heterocycles. The molecule has 0 aliphatic carbocycles. The van der Waals surface area contributed by atoms with Crippen molar-refractivity contribution in [2.45, 2.75) is 26.8 Å². The number of aromatic nitrogens is 2. The van der Waals surface area contributed by atoms with Gasteiger partial charge in [0.15, 0.2) is 0 Å². The van der Waals surface area contributed by atoms with Crippen molar-refractivity contribution in [3.63, 3.8) is 0 Å². The summed E-state index contributed by atoms with van der Waals surface area (Å²) in [6, 6.07) is 8.36. The molecule has 1 aromatic carbocycles. The first-order valence-corrected chi connectivity index (χ1v) is 5.85. The van der Waals surface area contributed by atoms with Crippen LogP contribution in [0.1, 0.15) is 20.3 Å². The number of hydrogen-bond donors (Lipinski definition) is 0. The highest BCUT2D eigenvalue weighted by Gasteiger charge is 2.02. The van der Waals surface area contributed by atoms with Gasteiger partial charge in [-0.25, -0.2) is 4.75 Å². The van der Waals surface area contributed by atoms with Gasteiger partial charge in [-0.15, -0.1) is 0 Å². The van der Waals surface area contributed by atoms with E-state index in [9.17, 15) is 0 Å². The third-order valence-corrected chi connectivity index (χ3v) is 3.27. The number of nitrogens with zero attached hydrogens (tertiary/aromatic N) is 2. The van der Waals surface area contributed by atoms with Crippen molar-refractivity contribution in [1.82, 2.24) is 9.08 Å². The van der Waals surface area contributed by atoms with E-state index in [1.165, 1.54) is 11.9 Å². The summed E-state index contributed by atoms with van der Waals surface area (Å²) < 4.78 is 6.79. The summed E-state index contributed by atoms with van der Waals surface area (Å²) in [6.45, 7) is 5.63. The summed E-state index contributed by atoms with van der Waals surface area (Å²) in [5.74, 6) is 0.762. The second-order valence-electron chi connectivity index (χ2n) is 3.98. The molecule has 2 aromatic rings. The highest BCUT2D eigenvalue weighted by Crippen LogP contribution is 2.19. The molecule has 0 saturated carbocycles. The van der Waals surface area contributed by atoms with Gasteiger partial charge in [0.2, 0.25) is 0 Å². The molecule has 0 aliphatic rings. The van der Waals surface area contributed by atoms with Gasteiger partial charge in [-0.2, -0.15) is 0 Å². The Bertz CT molecular complexity index is 420. The maximum Gasteiger partial charge on any atom is 0.133 e. The van der Waals surface area contributed by atoms with Crippen LogP contribution in [0.3, 0.4) is 0 Å². The molecule has 1 heterocycles. The van der Waals surface area contributed by atoms with Gasteiger partial charge in [-0.3, -0.25) is 0 Å². The average molecular weight is 206 g/mol. The molecular formula is C11H15N2P. The lowest BCUT2D eigenvalue weighted by atomic mass is 10.1. The van der Waals surface area contributed by atoms with Crippen molar-refractivity contribution in [2.24, 2.45) is 5.92 Å². The van der Waals surface area contributed by atoms with Gasteiger partial charge in [0.25, 0.3) is 0 Å². The van der Waals surface area contributed by atoms with E-state index in [0.717, 1.165) is 26.5 Å². The highest BCUT2D eigenvalue weighted by atomic mass is 31.1. The van der Waals surface area contributed by atoms with Crippen LogP contribution in [-0.4, -0.2) is 9.08 Å². The maximum atomic E-state index is 4.46. The fraction of sp³-hybridized carbons (Fsp3) is 0.455. The lowest BCUT2D eigenvalue weighted by Gasteiger charge is -2.05. The third-order valence-electron chi connectivity index (χ3n) is 2.34. The van der Waals surface area contributed by atoms with Crippen molar-refractivity contribution >= 4 is 19.5 Å². The van der Waals surface area contributed by atoms with Crippen molar-refractivity contribution in [3.8, 4) is 0 Å². The number of benzene rings is 1. The van der Waals surface area contributed by atoms with Crippen LogP contribution in [0.2, 0.25) is 0 Å². The summed E-state index contributed by atoms with van der Waals surface area (Å²) in [6.07, 6.45) is 1.23. The van der Waals surface area contributed by atoms with E-state index in [1.807, 2.05) is 6.07 Å². The van der Waals surface area contributed by atoms with E-state index in [2.05, 4.69) is 41.1 Å². The van der Waals surface area contributed by atoms with Gasteiger partial charge in [0.05, 0.1) is 11.0 Å². The van der Waals surface area contributed by atoms with Crippen LogP contribution in [-0.2, 0) is 6.54 Å². The molecule has 3 heteroatoms. The van der Waals surface area contributed by atoms with Crippen LogP contribution in [0.15, 0.2) is 24.3 Å². The Morgan fingerprint density at radius 2 is 2.14 bits per heavy atom. The fourth-order valence-electron chi connectivity index (χ4n) is 1.46. The summed E-state index contributed by atoms with van der Waals surface area (Å²) in [4.78, 5) is 0.